The van der Waals surface area contributed by atoms with Crippen LogP contribution in [0, 0.1) is 12.8 Å². The maximum absolute atomic E-state index is 13.3. The molecule has 0 bridgehead atoms. The van der Waals surface area contributed by atoms with E-state index in [9.17, 15) is 19.5 Å². The zero-order chi connectivity index (χ0) is 30.5. The Balaban J connectivity index is 1.40. The molecule has 1 heterocycles. The van der Waals surface area contributed by atoms with Crippen LogP contribution in [0.2, 0.25) is 0 Å². The molecule has 0 saturated carbocycles. The van der Waals surface area contributed by atoms with Crippen LogP contribution in [0.15, 0.2) is 91.0 Å². The second-order valence-electron chi connectivity index (χ2n) is 10.9. The summed E-state index contributed by atoms with van der Waals surface area (Å²) in [6.07, 6.45) is 1.72. The van der Waals surface area contributed by atoms with Crippen molar-refractivity contribution in [2.75, 3.05) is 6.54 Å². The zero-order valence-corrected chi connectivity index (χ0v) is 24.6. The van der Waals surface area contributed by atoms with Gasteiger partial charge in [-0.3, -0.25) is 9.59 Å². The van der Waals surface area contributed by atoms with Crippen molar-refractivity contribution in [2.24, 2.45) is 5.92 Å². The van der Waals surface area contributed by atoms with Gasteiger partial charge in [0.25, 0.3) is 5.91 Å². The molecule has 2 N–H and O–H groups in total. The predicted molar refractivity (Wildman–Crippen MR) is 169 cm³/mol. The van der Waals surface area contributed by atoms with Gasteiger partial charge in [0, 0.05) is 36.6 Å². The number of hydrogen-bond acceptors (Lipinski definition) is 4. The van der Waals surface area contributed by atoms with Gasteiger partial charge in [-0.25, -0.2) is 9.78 Å². The lowest BCUT2D eigenvalue weighted by Gasteiger charge is -2.13. The van der Waals surface area contributed by atoms with Gasteiger partial charge < -0.3 is 15.0 Å². The van der Waals surface area contributed by atoms with Gasteiger partial charge in [0.15, 0.2) is 5.78 Å². The maximum atomic E-state index is 13.3. The first kappa shape index (κ1) is 29.5. The molecular formula is C36H35N3O4. The number of benzene rings is 4. The molecule has 0 spiro atoms. The second-order valence-corrected chi connectivity index (χ2v) is 10.9. The molecule has 1 amide bonds. The molecule has 1 atom stereocenters. The minimum Gasteiger partial charge on any atom is -0.478 e. The molecule has 5 aromatic rings. The van der Waals surface area contributed by atoms with Crippen molar-refractivity contribution in [3.05, 3.63) is 125 Å². The number of Topliss-reactive ketones (excluding diaryl/α,β-unsaturated/α-hetero) is 1. The number of carboxylic acids is 1. The highest BCUT2D eigenvalue weighted by Gasteiger charge is 2.19. The minimum absolute atomic E-state index is 0.00715. The van der Waals surface area contributed by atoms with Crippen molar-refractivity contribution >= 4 is 28.7 Å². The summed E-state index contributed by atoms with van der Waals surface area (Å²) in [7, 11) is 0. The molecule has 1 unspecified atom stereocenters. The molecule has 5 rings (SSSR count). The maximum Gasteiger partial charge on any atom is 0.336 e. The highest BCUT2D eigenvalue weighted by molar-refractivity contribution is 6.00. The fraction of sp³-hybridized carbons (Fsp3) is 0.222. The molecule has 0 aliphatic carbocycles. The Morgan fingerprint density at radius 3 is 2.30 bits per heavy atom. The number of carbonyl (C=O) groups excluding carboxylic acids is 2. The van der Waals surface area contributed by atoms with E-state index in [1.165, 1.54) is 0 Å². The lowest BCUT2D eigenvalue weighted by atomic mass is 9.98. The summed E-state index contributed by atoms with van der Waals surface area (Å²) in [4.78, 5) is 42.7. The van der Waals surface area contributed by atoms with Crippen LogP contribution in [0.4, 0.5) is 0 Å². The number of imidazole rings is 1. The molecule has 218 valence electrons. The van der Waals surface area contributed by atoms with E-state index in [4.69, 9.17) is 4.98 Å². The summed E-state index contributed by atoms with van der Waals surface area (Å²) in [6, 6.07) is 27.7. The van der Waals surface area contributed by atoms with Crippen molar-refractivity contribution < 1.29 is 19.5 Å². The third-order valence-electron chi connectivity index (χ3n) is 7.70. The lowest BCUT2D eigenvalue weighted by molar-refractivity contribution is 0.0697. The smallest absolute Gasteiger partial charge is 0.336 e. The molecular weight excluding hydrogens is 538 g/mol. The number of aryl methyl sites for hydroxylation is 2. The average molecular weight is 574 g/mol. The van der Waals surface area contributed by atoms with Crippen molar-refractivity contribution in [3.63, 3.8) is 0 Å². The first-order valence-electron chi connectivity index (χ1n) is 14.6. The van der Waals surface area contributed by atoms with Crippen LogP contribution in [0.3, 0.4) is 0 Å². The third-order valence-corrected chi connectivity index (χ3v) is 7.70. The van der Waals surface area contributed by atoms with Crippen LogP contribution in [-0.4, -0.2) is 38.9 Å². The van der Waals surface area contributed by atoms with E-state index >= 15 is 0 Å². The molecule has 0 aliphatic rings. The van der Waals surface area contributed by atoms with E-state index in [-0.39, 0.29) is 29.7 Å². The molecule has 0 aliphatic heterocycles. The highest BCUT2D eigenvalue weighted by Crippen LogP contribution is 2.27. The molecule has 0 radical (unpaired) electrons. The normalized spacial score (nSPS) is 11.8. The van der Waals surface area contributed by atoms with Crippen LogP contribution in [-0.2, 0) is 13.0 Å². The monoisotopic (exact) mass is 573 g/mol. The number of rotatable bonds is 11. The number of amides is 1. The quantitative estimate of drug-likeness (QED) is 0.166. The van der Waals surface area contributed by atoms with E-state index in [2.05, 4.69) is 16.8 Å². The molecule has 0 fully saturated rings. The van der Waals surface area contributed by atoms with Crippen molar-refractivity contribution in [1.82, 2.24) is 14.9 Å². The summed E-state index contributed by atoms with van der Waals surface area (Å²) < 4.78 is 2.16. The third kappa shape index (κ3) is 6.41. The summed E-state index contributed by atoms with van der Waals surface area (Å²) >= 11 is 0. The summed E-state index contributed by atoms with van der Waals surface area (Å²) in [5.74, 6) is -0.610. The Hall–Kier alpha value is -5.04. The second kappa shape index (κ2) is 12.9. The average Bonchev–Trinajstić information content (AvgIpc) is 3.37. The number of hydrogen-bond donors (Lipinski definition) is 2. The summed E-state index contributed by atoms with van der Waals surface area (Å²) in [5.41, 5.74) is 6.61. The number of nitrogens with one attached hydrogen (secondary N) is 1. The van der Waals surface area contributed by atoms with E-state index in [0.29, 0.717) is 23.2 Å². The van der Waals surface area contributed by atoms with Crippen molar-refractivity contribution in [2.45, 2.75) is 40.2 Å². The van der Waals surface area contributed by atoms with E-state index in [1.807, 2.05) is 80.6 Å². The number of ketones is 1. The van der Waals surface area contributed by atoms with Crippen LogP contribution in [0.25, 0.3) is 22.2 Å². The number of aromatic carboxylic acids is 1. The van der Waals surface area contributed by atoms with Crippen molar-refractivity contribution in [3.8, 4) is 11.1 Å². The standard InChI is InChI=1S/C36H35N3O4/c1-4-10-32-38-33-23(2)19-28(35(41)37-21-24(3)34(40)27-11-6-5-7-12-27)20-31(33)39(32)22-25-15-17-26(18-16-25)29-13-8-9-14-30(29)36(42)43/h5-9,11-20,24H,4,10,21-22H2,1-3H3,(H,37,41)(H,42,43). The van der Waals surface area contributed by atoms with Crippen LogP contribution < -0.4 is 5.32 Å². The van der Waals surface area contributed by atoms with Gasteiger partial charge in [-0.2, -0.15) is 0 Å². The number of nitrogens with zero attached hydrogens (tertiary/aromatic N) is 2. The Labute approximate surface area is 251 Å². The van der Waals surface area contributed by atoms with Gasteiger partial charge >= 0.3 is 5.97 Å². The highest BCUT2D eigenvalue weighted by atomic mass is 16.4. The van der Waals surface area contributed by atoms with Gasteiger partial charge in [-0.05, 0) is 53.8 Å². The Bertz CT molecular complexity index is 1790. The fourth-order valence-corrected chi connectivity index (χ4v) is 5.38. The topological polar surface area (TPSA) is 101 Å². The first-order chi connectivity index (χ1) is 20.8. The van der Waals surface area contributed by atoms with E-state index in [1.54, 1.807) is 24.3 Å². The molecule has 7 nitrogen and oxygen atoms in total. The fourth-order valence-electron chi connectivity index (χ4n) is 5.38. The summed E-state index contributed by atoms with van der Waals surface area (Å²) in [6.45, 7) is 6.69. The Morgan fingerprint density at radius 2 is 1.60 bits per heavy atom. The molecule has 0 saturated heterocycles. The molecule has 7 heteroatoms. The zero-order valence-electron chi connectivity index (χ0n) is 24.6. The lowest BCUT2D eigenvalue weighted by Crippen LogP contribution is -2.31. The van der Waals surface area contributed by atoms with Gasteiger partial charge in [-0.1, -0.05) is 86.6 Å². The van der Waals surface area contributed by atoms with Gasteiger partial charge in [0.2, 0.25) is 0 Å². The summed E-state index contributed by atoms with van der Waals surface area (Å²) in [5, 5.41) is 12.5. The van der Waals surface area contributed by atoms with Crippen LogP contribution in [0.5, 0.6) is 0 Å². The van der Waals surface area contributed by atoms with Crippen molar-refractivity contribution in [1.29, 1.82) is 0 Å². The van der Waals surface area contributed by atoms with Gasteiger partial charge in [-0.15, -0.1) is 0 Å². The Kier molecular flexibility index (Phi) is 8.81. The van der Waals surface area contributed by atoms with Gasteiger partial charge in [0.1, 0.15) is 5.82 Å². The number of carboxylic acid groups (broad SMARTS) is 1. The number of fused-ring (bicyclic) bond motifs is 1. The minimum atomic E-state index is -0.957. The number of aromatic nitrogens is 2. The predicted octanol–water partition coefficient (Wildman–Crippen LogP) is 6.96. The first-order valence-corrected chi connectivity index (χ1v) is 14.6. The van der Waals surface area contributed by atoms with E-state index < -0.39 is 5.97 Å². The van der Waals surface area contributed by atoms with E-state index in [0.717, 1.165) is 46.4 Å². The van der Waals surface area contributed by atoms with Gasteiger partial charge in [0.05, 0.1) is 16.6 Å². The SMILES string of the molecule is CCCc1nc2c(C)cc(C(=O)NCC(C)C(=O)c3ccccc3)cc2n1Cc1ccc(-c2ccccc2C(=O)O)cc1. The van der Waals surface area contributed by atoms with Crippen LogP contribution in [0.1, 0.15) is 68.3 Å². The largest absolute Gasteiger partial charge is 0.478 e. The molecule has 4 aromatic carbocycles. The number of carbonyl (C=O) groups is 3. The van der Waals surface area contributed by atoms with Crippen LogP contribution >= 0.6 is 0 Å². The molecule has 1 aromatic heterocycles. The molecule has 43 heavy (non-hydrogen) atoms. The Morgan fingerprint density at radius 1 is 0.907 bits per heavy atom.